The fourth-order valence-corrected chi connectivity index (χ4v) is 1.46. The van der Waals surface area contributed by atoms with E-state index in [9.17, 15) is 9.59 Å². The van der Waals surface area contributed by atoms with Gasteiger partial charge in [-0.2, -0.15) is 5.10 Å². The van der Waals surface area contributed by atoms with Crippen LogP contribution in [0.2, 0.25) is 0 Å². The lowest BCUT2D eigenvalue weighted by atomic mass is 10.2. The molecule has 0 unspecified atom stereocenters. The van der Waals surface area contributed by atoms with Crippen molar-refractivity contribution in [2.75, 3.05) is 7.05 Å². The van der Waals surface area contributed by atoms with Crippen molar-refractivity contribution in [1.29, 1.82) is 0 Å². The molecule has 8 heteroatoms. The maximum Gasteiger partial charge on any atom is 0.339 e. The number of nitrogens with one attached hydrogen (secondary N) is 1. The maximum atomic E-state index is 11.4. The second-order valence-electron chi connectivity index (χ2n) is 3.70. The van der Waals surface area contributed by atoms with E-state index in [1.807, 2.05) is 0 Å². The minimum atomic E-state index is -1.09. The average Bonchev–Trinajstić information content (AvgIpc) is 2.86. The van der Waals surface area contributed by atoms with Crippen LogP contribution in [0.4, 0.5) is 0 Å². The van der Waals surface area contributed by atoms with E-state index in [2.05, 4.69) is 20.4 Å². The minimum absolute atomic E-state index is 0.0300. The van der Waals surface area contributed by atoms with Gasteiger partial charge in [0.2, 0.25) is 0 Å². The fraction of sp³-hybridized carbons (Fsp3) is 0.182. The molecule has 1 amide bonds. The number of carboxylic acid groups (broad SMARTS) is 1. The Bertz CT molecular complexity index is 650. The van der Waals surface area contributed by atoms with Gasteiger partial charge in [-0.3, -0.25) is 4.79 Å². The number of amides is 1. The molecule has 0 saturated heterocycles. The first-order valence-electron chi connectivity index (χ1n) is 5.38. The molecular formula is C11H11N5O3. The van der Waals surface area contributed by atoms with Crippen LogP contribution in [0, 0.1) is 6.92 Å². The summed E-state index contributed by atoms with van der Waals surface area (Å²) in [5, 5.41) is 15.3. The average molecular weight is 261 g/mol. The Morgan fingerprint density at radius 2 is 2.16 bits per heavy atom. The number of rotatable bonds is 3. The van der Waals surface area contributed by atoms with Crippen molar-refractivity contribution in [2.24, 2.45) is 0 Å². The Kier molecular flexibility index (Phi) is 3.23. The molecule has 2 aromatic heterocycles. The Hall–Kier alpha value is -2.77. The van der Waals surface area contributed by atoms with Crippen molar-refractivity contribution in [1.82, 2.24) is 25.1 Å². The highest BCUT2D eigenvalue weighted by molar-refractivity contribution is 5.91. The SMILES string of the molecule is CNC(=O)c1ccn(-c2ncc(C(=O)O)c(C)n2)n1. The molecule has 0 aliphatic heterocycles. The standard InChI is InChI=1S/C11H11N5O3/c1-6-7(10(18)19)5-13-11(14-6)16-4-3-8(15-16)9(17)12-2/h3-5H,1-2H3,(H,12,17)(H,18,19). The van der Waals surface area contributed by atoms with Crippen molar-refractivity contribution >= 4 is 11.9 Å². The highest BCUT2D eigenvalue weighted by Crippen LogP contribution is 2.07. The molecule has 19 heavy (non-hydrogen) atoms. The van der Waals surface area contributed by atoms with E-state index < -0.39 is 5.97 Å². The third-order valence-corrected chi connectivity index (χ3v) is 2.45. The van der Waals surface area contributed by atoms with Crippen LogP contribution < -0.4 is 5.32 Å². The van der Waals surface area contributed by atoms with Gasteiger partial charge in [0.1, 0.15) is 0 Å². The highest BCUT2D eigenvalue weighted by atomic mass is 16.4. The third kappa shape index (κ3) is 2.41. The number of aromatic carboxylic acids is 1. The second kappa shape index (κ2) is 4.84. The van der Waals surface area contributed by atoms with Crippen molar-refractivity contribution in [3.63, 3.8) is 0 Å². The molecule has 0 atom stereocenters. The predicted molar refractivity (Wildman–Crippen MR) is 64.2 cm³/mol. The quantitative estimate of drug-likeness (QED) is 0.806. The number of carboxylic acids is 1. The molecule has 0 fully saturated rings. The molecule has 2 aromatic rings. The van der Waals surface area contributed by atoms with Crippen LogP contribution in [0.5, 0.6) is 0 Å². The summed E-state index contributed by atoms with van der Waals surface area (Å²) in [7, 11) is 1.50. The molecule has 0 aliphatic carbocycles. The Morgan fingerprint density at radius 1 is 1.42 bits per heavy atom. The van der Waals surface area contributed by atoms with E-state index in [0.717, 1.165) is 0 Å². The largest absolute Gasteiger partial charge is 0.478 e. The molecule has 2 heterocycles. The molecule has 0 bridgehead atoms. The summed E-state index contributed by atoms with van der Waals surface area (Å²) < 4.78 is 1.31. The summed E-state index contributed by atoms with van der Waals surface area (Å²) in [6.07, 6.45) is 2.74. The van der Waals surface area contributed by atoms with Crippen LogP contribution in [0.1, 0.15) is 26.5 Å². The summed E-state index contributed by atoms with van der Waals surface area (Å²) >= 11 is 0. The molecule has 0 spiro atoms. The van der Waals surface area contributed by atoms with Gasteiger partial charge in [-0.05, 0) is 13.0 Å². The number of carbonyl (C=O) groups is 2. The summed E-state index contributed by atoms with van der Waals surface area (Å²) in [5.74, 6) is -1.20. The highest BCUT2D eigenvalue weighted by Gasteiger charge is 2.13. The van der Waals surface area contributed by atoms with Gasteiger partial charge in [0.05, 0.1) is 11.3 Å². The predicted octanol–water partition coefficient (Wildman–Crippen LogP) is 0.0285. The van der Waals surface area contributed by atoms with Crippen LogP contribution in [0.25, 0.3) is 5.95 Å². The van der Waals surface area contributed by atoms with E-state index in [0.29, 0.717) is 5.69 Å². The molecule has 8 nitrogen and oxygen atoms in total. The van der Waals surface area contributed by atoms with Gasteiger partial charge in [-0.15, -0.1) is 0 Å². The lowest BCUT2D eigenvalue weighted by Crippen LogP contribution is -2.18. The Labute approximate surface area is 108 Å². The lowest BCUT2D eigenvalue weighted by molar-refractivity contribution is 0.0694. The first-order valence-corrected chi connectivity index (χ1v) is 5.38. The zero-order valence-corrected chi connectivity index (χ0v) is 10.3. The van der Waals surface area contributed by atoms with Gasteiger partial charge in [0, 0.05) is 19.4 Å². The van der Waals surface area contributed by atoms with Crippen LogP contribution in [0.15, 0.2) is 18.5 Å². The second-order valence-corrected chi connectivity index (χ2v) is 3.70. The summed E-state index contributed by atoms with van der Waals surface area (Å²) in [5.41, 5.74) is 0.586. The van der Waals surface area contributed by atoms with Gasteiger partial charge in [-0.25, -0.2) is 19.4 Å². The van der Waals surface area contributed by atoms with Crippen LogP contribution >= 0.6 is 0 Å². The normalized spacial score (nSPS) is 10.2. The Balaban J connectivity index is 2.37. The first kappa shape index (κ1) is 12.7. The van der Waals surface area contributed by atoms with Crippen molar-refractivity contribution in [2.45, 2.75) is 6.92 Å². The third-order valence-electron chi connectivity index (χ3n) is 2.45. The maximum absolute atomic E-state index is 11.4. The van der Waals surface area contributed by atoms with E-state index in [-0.39, 0.29) is 23.1 Å². The fourth-order valence-electron chi connectivity index (χ4n) is 1.46. The summed E-state index contributed by atoms with van der Waals surface area (Å²) in [4.78, 5) is 30.2. The van der Waals surface area contributed by atoms with Gasteiger partial charge < -0.3 is 10.4 Å². The Morgan fingerprint density at radius 3 is 2.74 bits per heavy atom. The van der Waals surface area contributed by atoms with E-state index >= 15 is 0 Å². The summed E-state index contributed by atoms with van der Waals surface area (Å²) in [6.45, 7) is 1.57. The van der Waals surface area contributed by atoms with Crippen molar-refractivity contribution < 1.29 is 14.7 Å². The van der Waals surface area contributed by atoms with Gasteiger partial charge >= 0.3 is 5.97 Å². The number of hydrogen-bond acceptors (Lipinski definition) is 5. The number of aryl methyl sites for hydroxylation is 1. The molecule has 0 aliphatic rings. The topological polar surface area (TPSA) is 110 Å². The minimum Gasteiger partial charge on any atom is -0.478 e. The molecule has 0 aromatic carbocycles. The zero-order chi connectivity index (χ0) is 14.0. The smallest absolute Gasteiger partial charge is 0.339 e. The number of aromatic nitrogens is 4. The first-order chi connectivity index (χ1) is 9.02. The monoisotopic (exact) mass is 261 g/mol. The van der Waals surface area contributed by atoms with Crippen molar-refractivity contribution in [3.8, 4) is 5.95 Å². The number of nitrogens with zero attached hydrogens (tertiary/aromatic N) is 4. The molecule has 0 saturated carbocycles. The molecular weight excluding hydrogens is 250 g/mol. The summed E-state index contributed by atoms with van der Waals surface area (Å²) in [6, 6.07) is 1.52. The van der Waals surface area contributed by atoms with Crippen LogP contribution in [-0.4, -0.2) is 43.8 Å². The van der Waals surface area contributed by atoms with Crippen molar-refractivity contribution in [3.05, 3.63) is 35.4 Å². The molecule has 2 rings (SSSR count). The van der Waals surface area contributed by atoms with Gasteiger partial charge in [0.25, 0.3) is 11.9 Å². The zero-order valence-electron chi connectivity index (χ0n) is 10.3. The molecule has 98 valence electrons. The molecule has 0 radical (unpaired) electrons. The van der Waals surface area contributed by atoms with E-state index in [1.54, 1.807) is 6.92 Å². The van der Waals surface area contributed by atoms with E-state index in [1.165, 1.54) is 30.2 Å². The number of hydrogen-bond donors (Lipinski definition) is 2. The van der Waals surface area contributed by atoms with Crippen LogP contribution in [-0.2, 0) is 0 Å². The van der Waals surface area contributed by atoms with Gasteiger partial charge in [-0.1, -0.05) is 0 Å². The van der Waals surface area contributed by atoms with Crippen LogP contribution in [0.3, 0.4) is 0 Å². The lowest BCUT2D eigenvalue weighted by Gasteiger charge is -2.03. The molecule has 2 N–H and O–H groups in total. The number of carbonyl (C=O) groups excluding carboxylic acids is 1. The van der Waals surface area contributed by atoms with Gasteiger partial charge in [0.15, 0.2) is 5.69 Å². The van der Waals surface area contributed by atoms with E-state index in [4.69, 9.17) is 5.11 Å².